The zero-order chi connectivity index (χ0) is 28.1. The molecule has 0 radical (unpaired) electrons. The van der Waals surface area contributed by atoms with Crippen molar-refractivity contribution in [3.63, 3.8) is 0 Å². The molecule has 7 nitrogen and oxygen atoms in total. The molecule has 11 heteroatoms. The van der Waals surface area contributed by atoms with Gasteiger partial charge in [0.15, 0.2) is 5.17 Å². The maximum atomic E-state index is 12.4. The van der Waals surface area contributed by atoms with Gasteiger partial charge in [-0.15, -0.1) is 18.3 Å². The van der Waals surface area contributed by atoms with Gasteiger partial charge in [0.05, 0.1) is 11.9 Å². The van der Waals surface area contributed by atoms with Crippen molar-refractivity contribution in [2.45, 2.75) is 39.2 Å². The Morgan fingerprint density at radius 2 is 1.73 bits per heavy atom. The van der Waals surface area contributed by atoms with E-state index in [4.69, 9.17) is 0 Å². The Morgan fingerprint density at radius 3 is 2.42 bits per heavy atom. The average Bonchev–Trinajstić information content (AvgIpc) is 3.30. The molecule has 208 valence electrons. The third-order valence-corrected chi connectivity index (χ3v) is 7.54. The van der Waals surface area contributed by atoms with Gasteiger partial charge in [0.25, 0.3) is 0 Å². The lowest BCUT2D eigenvalue weighted by Gasteiger charge is -2.26. The summed E-state index contributed by atoms with van der Waals surface area (Å²) < 4.78 is 41.1. The number of amidine groups is 1. The number of ether oxygens (including phenoxy) is 1. The number of hydrogen-bond donors (Lipinski definition) is 1. The topological polar surface area (TPSA) is 64.8 Å². The zero-order valence-electron chi connectivity index (χ0n) is 22.1. The first-order valence-electron chi connectivity index (χ1n) is 12.9. The molecule has 1 N–H and O–H groups in total. The van der Waals surface area contributed by atoms with Crippen LogP contribution in [0.2, 0.25) is 0 Å². The summed E-state index contributed by atoms with van der Waals surface area (Å²) in [5, 5.41) is 11.6. The normalized spacial score (nSPS) is 19.0. The van der Waals surface area contributed by atoms with E-state index in [1.54, 1.807) is 29.3 Å². The van der Waals surface area contributed by atoms with Crippen molar-refractivity contribution >= 4 is 40.9 Å². The van der Waals surface area contributed by atoms with Crippen LogP contribution >= 0.6 is 11.8 Å². The number of halogens is 3. The Bertz CT molecular complexity index is 1390. The first-order valence-corrected chi connectivity index (χ1v) is 13.9. The van der Waals surface area contributed by atoms with Gasteiger partial charge < -0.3 is 9.64 Å². The summed E-state index contributed by atoms with van der Waals surface area (Å²) in [4.78, 5) is 6.76. The van der Waals surface area contributed by atoms with E-state index in [2.05, 4.69) is 62.3 Å². The zero-order valence-corrected chi connectivity index (χ0v) is 22.9. The molecule has 3 aromatic rings. The molecule has 1 fully saturated rings. The molecule has 40 heavy (non-hydrogen) atoms. The standard InChI is InChI=1S/C29H29F3N6OS/c1-20-6-5-7-21(2)26(20)37-16-3-4-17-40-28(37)35-34-18-22-8-10-23(11-9-22)27-33-19-38(36-27)24-12-14-25(15-13-24)39-29(30,31)32/h5-15,18-19,27,36H,3-4,16-17H2,1-2H3/b34-18+,35-28-. The van der Waals surface area contributed by atoms with E-state index < -0.39 is 6.36 Å². The number of hydrazine groups is 1. The summed E-state index contributed by atoms with van der Waals surface area (Å²) in [6, 6.07) is 19.7. The minimum atomic E-state index is -4.72. The Balaban J connectivity index is 1.23. The summed E-state index contributed by atoms with van der Waals surface area (Å²) >= 11 is 1.74. The van der Waals surface area contributed by atoms with E-state index in [9.17, 15) is 13.2 Å². The fourth-order valence-corrected chi connectivity index (χ4v) is 5.56. The van der Waals surface area contributed by atoms with Crippen molar-refractivity contribution < 1.29 is 17.9 Å². The highest BCUT2D eigenvalue weighted by molar-refractivity contribution is 8.14. The second-order valence-corrected chi connectivity index (χ2v) is 10.5. The van der Waals surface area contributed by atoms with Gasteiger partial charge in [-0.3, -0.25) is 5.01 Å². The fraction of sp³-hybridized carbons (Fsp3) is 0.276. The van der Waals surface area contributed by atoms with Crippen molar-refractivity contribution in [1.29, 1.82) is 0 Å². The first kappa shape index (κ1) is 27.7. The number of nitrogens with one attached hydrogen (secondary N) is 1. The van der Waals surface area contributed by atoms with Crippen molar-refractivity contribution in [2.24, 2.45) is 15.2 Å². The largest absolute Gasteiger partial charge is 0.573 e. The van der Waals surface area contributed by atoms with Crippen molar-refractivity contribution in [1.82, 2.24) is 5.43 Å². The lowest BCUT2D eigenvalue weighted by Crippen LogP contribution is -2.33. The van der Waals surface area contributed by atoms with Crippen LogP contribution in [0.5, 0.6) is 5.75 Å². The van der Waals surface area contributed by atoms with E-state index in [1.807, 2.05) is 24.3 Å². The van der Waals surface area contributed by atoms with Crippen LogP contribution in [-0.2, 0) is 0 Å². The molecule has 0 bridgehead atoms. The third-order valence-electron chi connectivity index (χ3n) is 6.49. The summed E-state index contributed by atoms with van der Waals surface area (Å²) in [5.74, 6) is 0.740. The highest BCUT2D eigenvalue weighted by atomic mass is 32.2. The SMILES string of the molecule is Cc1cccc(C)c1N1CCCCS/C1=N\N=C\c1ccc(C2N=CN(c3ccc(OC(F)(F)F)cc3)N2)cc1. The Labute approximate surface area is 235 Å². The van der Waals surface area contributed by atoms with Gasteiger partial charge in [-0.05, 0) is 73.2 Å². The van der Waals surface area contributed by atoms with Crippen LogP contribution in [0.4, 0.5) is 24.5 Å². The van der Waals surface area contributed by atoms with Gasteiger partial charge in [-0.2, -0.15) is 10.5 Å². The Morgan fingerprint density at radius 1 is 1.00 bits per heavy atom. The second-order valence-electron chi connectivity index (χ2n) is 9.45. The van der Waals surface area contributed by atoms with Gasteiger partial charge in [-0.1, -0.05) is 54.2 Å². The van der Waals surface area contributed by atoms with Crippen molar-refractivity contribution in [3.05, 3.63) is 89.0 Å². The predicted octanol–water partition coefficient (Wildman–Crippen LogP) is 6.98. The molecule has 3 aromatic carbocycles. The smallest absolute Gasteiger partial charge is 0.406 e. The minimum Gasteiger partial charge on any atom is -0.406 e. The molecule has 2 heterocycles. The van der Waals surface area contributed by atoms with Crippen LogP contribution < -0.4 is 20.1 Å². The molecule has 0 aromatic heterocycles. The van der Waals surface area contributed by atoms with Gasteiger partial charge in [-0.25, -0.2) is 4.99 Å². The number of hydrogen-bond acceptors (Lipinski definition) is 7. The molecule has 0 saturated carbocycles. The fourth-order valence-electron chi connectivity index (χ4n) is 4.58. The average molecular weight is 567 g/mol. The molecule has 1 atom stereocenters. The molecule has 1 saturated heterocycles. The molecule has 2 aliphatic rings. The van der Waals surface area contributed by atoms with Crippen LogP contribution in [0.1, 0.15) is 41.3 Å². The number of aryl methyl sites for hydroxylation is 2. The number of para-hydroxylation sites is 1. The lowest BCUT2D eigenvalue weighted by molar-refractivity contribution is -0.274. The summed E-state index contributed by atoms with van der Waals surface area (Å²) in [5.41, 5.74) is 9.35. The summed E-state index contributed by atoms with van der Waals surface area (Å²) in [7, 11) is 0. The van der Waals surface area contributed by atoms with E-state index >= 15 is 0 Å². The number of benzene rings is 3. The number of rotatable bonds is 6. The summed E-state index contributed by atoms with van der Waals surface area (Å²) in [6.45, 7) is 5.18. The maximum Gasteiger partial charge on any atom is 0.573 e. The van der Waals surface area contributed by atoms with Crippen LogP contribution in [-0.4, -0.2) is 36.4 Å². The molecule has 2 aliphatic heterocycles. The highest BCUT2D eigenvalue weighted by Gasteiger charge is 2.31. The van der Waals surface area contributed by atoms with Gasteiger partial charge >= 0.3 is 6.36 Å². The van der Waals surface area contributed by atoms with E-state index in [-0.39, 0.29) is 11.9 Å². The lowest BCUT2D eigenvalue weighted by atomic mass is 10.1. The highest BCUT2D eigenvalue weighted by Crippen LogP contribution is 2.31. The number of nitrogens with zero attached hydrogens (tertiary/aromatic N) is 5. The molecule has 0 amide bonds. The van der Waals surface area contributed by atoms with E-state index in [1.165, 1.54) is 41.1 Å². The Hall–Kier alpha value is -3.83. The van der Waals surface area contributed by atoms with Crippen LogP contribution in [0.15, 0.2) is 81.9 Å². The number of alkyl halides is 3. The molecular weight excluding hydrogens is 537 g/mol. The van der Waals surface area contributed by atoms with E-state index in [0.29, 0.717) is 5.69 Å². The third kappa shape index (κ3) is 6.83. The molecule has 5 rings (SSSR count). The summed E-state index contributed by atoms with van der Waals surface area (Å²) in [6.07, 6.45) is 0.542. The maximum absolute atomic E-state index is 12.4. The molecule has 0 aliphatic carbocycles. The number of anilines is 2. The van der Waals surface area contributed by atoms with Crippen LogP contribution in [0, 0.1) is 13.8 Å². The predicted molar refractivity (Wildman–Crippen MR) is 156 cm³/mol. The number of thioether (sulfide) groups is 1. The molecular formula is C29H29F3N6OS. The minimum absolute atomic E-state index is 0.276. The molecule has 0 spiro atoms. The van der Waals surface area contributed by atoms with Crippen LogP contribution in [0.25, 0.3) is 0 Å². The van der Waals surface area contributed by atoms with Crippen LogP contribution in [0.3, 0.4) is 0 Å². The van der Waals surface area contributed by atoms with Gasteiger partial charge in [0.1, 0.15) is 18.3 Å². The van der Waals surface area contributed by atoms with Gasteiger partial charge in [0.2, 0.25) is 0 Å². The second kappa shape index (κ2) is 12.1. The van der Waals surface area contributed by atoms with Crippen molar-refractivity contribution in [2.75, 3.05) is 22.2 Å². The van der Waals surface area contributed by atoms with E-state index in [0.717, 1.165) is 41.4 Å². The quantitative estimate of drug-likeness (QED) is 0.258. The monoisotopic (exact) mass is 566 g/mol. The van der Waals surface area contributed by atoms with Crippen molar-refractivity contribution in [3.8, 4) is 5.75 Å². The molecule has 1 unspecified atom stereocenters. The van der Waals surface area contributed by atoms with Gasteiger partial charge in [0, 0.05) is 18.0 Å². The Kier molecular flexibility index (Phi) is 8.41. The first-order chi connectivity index (χ1) is 19.3. The number of aliphatic imine (C=N–C) groups is 1.